The standard InChI is InChI=1S/C9H15N5/c1-3-13(4-2)14-6-5-12-7-11-8(10)9(12)14/h5-7H,3-4,10H2,1-2H3. The second kappa shape index (κ2) is 3.25. The van der Waals surface area contributed by atoms with E-state index in [1.165, 1.54) is 0 Å². The fraction of sp³-hybridized carbons (Fsp3) is 0.444. The Morgan fingerprint density at radius 1 is 1.36 bits per heavy atom. The molecule has 5 heteroatoms. The Kier molecular flexibility index (Phi) is 2.07. The molecule has 5 nitrogen and oxygen atoms in total. The first kappa shape index (κ1) is 8.93. The van der Waals surface area contributed by atoms with Crippen LogP contribution in [0.3, 0.4) is 0 Å². The molecule has 2 heterocycles. The number of nitrogens with zero attached hydrogens (tertiary/aromatic N) is 4. The lowest BCUT2D eigenvalue weighted by Crippen LogP contribution is -2.33. The number of aromatic nitrogens is 3. The van der Waals surface area contributed by atoms with Crippen LogP contribution in [0, 0.1) is 0 Å². The van der Waals surface area contributed by atoms with Gasteiger partial charge < -0.3 is 10.7 Å². The topological polar surface area (TPSA) is 51.5 Å². The Labute approximate surface area is 82.7 Å². The van der Waals surface area contributed by atoms with Gasteiger partial charge in [0.1, 0.15) is 6.33 Å². The Morgan fingerprint density at radius 2 is 2.07 bits per heavy atom. The lowest BCUT2D eigenvalue weighted by atomic mass is 10.6. The molecule has 2 rings (SSSR count). The molecule has 0 aliphatic rings. The molecule has 0 amide bonds. The van der Waals surface area contributed by atoms with E-state index in [-0.39, 0.29) is 0 Å². The van der Waals surface area contributed by atoms with Crippen LogP contribution in [-0.4, -0.2) is 27.2 Å². The van der Waals surface area contributed by atoms with Crippen molar-refractivity contribution in [2.45, 2.75) is 13.8 Å². The van der Waals surface area contributed by atoms with Gasteiger partial charge in [-0.3, -0.25) is 4.40 Å². The predicted molar refractivity (Wildman–Crippen MR) is 56.9 cm³/mol. The van der Waals surface area contributed by atoms with Crippen LogP contribution in [0.4, 0.5) is 5.82 Å². The van der Waals surface area contributed by atoms with Gasteiger partial charge in [0.2, 0.25) is 0 Å². The van der Waals surface area contributed by atoms with Crippen LogP contribution in [0.1, 0.15) is 13.8 Å². The van der Waals surface area contributed by atoms with Crippen LogP contribution in [0.5, 0.6) is 0 Å². The van der Waals surface area contributed by atoms with Gasteiger partial charge in [-0.1, -0.05) is 0 Å². The summed E-state index contributed by atoms with van der Waals surface area (Å²) in [5.74, 6) is 0.571. The van der Waals surface area contributed by atoms with Gasteiger partial charge in [0.25, 0.3) is 0 Å². The number of hydrogen-bond donors (Lipinski definition) is 1. The zero-order valence-electron chi connectivity index (χ0n) is 8.51. The third-order valence-corrected chi connectivity index (χ3v) is 2.42. The normalized spacial score (nSPS) is 11.0. The van der Waals surface area contributed by atoms with Crippen molar-refractivity contribution in [1.82, 2.24) is 14.1 Å². The molecule has 0 aliphatic heterocycles. The maximum Gasteiger partial charge on any atom is 0.180 e. The number of imidazole rings is 2. The first-order valence-electron chi connectivity index (χ1n) is 4.82. The predicted octanol–water partition coefficient (Wildman–Crippen LogP) is 0.696. The molecule has 0 aliphatic carbocycles. The summed E-state index contributed by atoms with van der Waals surface area (Å²) >= 11 is 0. The van der Waals surface area contributed by atoms with E-state index < -0.39 is 0 Å². The Hall–Kier alpha value is -1.65. The average Bonchev–Trinajstić information content (AvgIpc) is 2.74. The molecule has 2 aromatic heterocycles. The van der Waals surface area contributed by atoms with Gasteiger partial charge in [0.15, 0.2) is 11.5 Å². The van der Waals surface area contributed by atoms with Crippen LogP contribution in [0.2, 0.25) is 0 Å². The summed E-state index contributed by atoms with van der Waals surface area (Å²) in [5.41, 5.74) is 6.73. The summed E-state index contributed by atoms with van der Waals surface area (Å²) in [6.07, 6.45) is 5.68. The molecule has 0 atom stereocenters. The van der Waals surface area contributed by atoms with Crippen molar-refractivity contribution >= 4 is 11.5 Å². The summed E-state index contributed by atoms with van der Waals surface area (Å²) < 4.78 is 3.97. The molecule has 76 valence electrons. The van der Waals surface area contributed by atoms with E-state index in [0.717, 1.165) is 18.7 Å². The highest BCUT2D eigenvalue weighted by molar-refractivity contribution is 5.61. The van der Waals surface area contributed by atoms with Gasteiger partial charge in [-0.2, -0.15) is 0 Å². The van der Waals surface area contributed by atoms with Gasteiger partial charge in [0, 0.05) is 25.5 Å². The quantitative estimate of drug-likeness (QED) is 0.780. The molecule has 0 radical (unpaired) electrons. The van der Waals surface area contributed by atoms with Crippen molar-refractivity contribution in [3.8, 4) is 0 Å². The Bertz CT molecular complexity index is 423. The van der Waals surface area contributed by atoms with E-state index in [9.17, 15) is 0 Å². The van der Waals surface area contributed by atoms with E-state index in [1.54, 1.807) is 6.33 Å². The van der Waals surface area contributed by atoms with Gasteiger partial charge in [-0.25, -0.2) is 9.66 Å². The monoisotopic (exact) mass is 193 g/mol. The number of rotatable bonds is 3. The Balaban J connectivity index is 2.55. The van der Waals surface area contributed by atoms with Crippen LogP contribution in [0.15, 0.2) is 18.7 Å². The van der Waals surface area contributed by atoms with E-state index in [4.69, 9.17) is 5.73 Å². The van der Waals surface area contributed by atoms with Crippen molar-refractivity contribution in [2.24, 2.45) is 0 Å². The van der Waals surface area contributed by atoms with E-state index >= 15 is 0 Å². The molecule has 0 aromatic carbocycles. The molecule has 2 N–H and O–H groups in total. The highest BCUT2D eigenvalue weighted by Gasteiger charge is 2.09. The minimum Gasteiger partial charge on any atom is -0.381 e. The number of anilines is 1. The van der Waals surface area contributed by atoms with Gasteiger partial charge in [0.05, 0.1) is 0 Å². The molecule has 0 unspecified atom stereocenters. The fourth-order valence-corrected chi connectivity index (χ4v) is 1.68. The molecule has 0 fully saturated rings. The Morgan fingerprint density at radius 3 is 2.71 bits per heavy atom. The summed E-state index contributed by atoms with van der Waals surface area (Å²) in [6, 6.07) is 0. The largest absolute Gasteiger partial charge is 0.381 e. The van der Waals surface area contributed by atoms with Crippen molar-refractivity contribution in [2.75, 3.05) is 23.8 Å². The SMILES string of the molecule is CCN(CC)n1ccn2cnc(N)c12. The molecule has 0 saturated heterocycles. The number of nitrogens with two attached hydrogens (primary N) is 1. The highest BCUT2D eigenvalue weighted by atomic mass is 15.6. The van der Waals surface area contributed by atoms with E-state index in [0.29, 0.717) is 5.82 Å². The molecule has 14 heavy (non-hydrogen) atoms. The minimum absolute atomic E-state index is 0.571. The highest BCUT2D eigenvalue weighted by Crippen LogP contribution is 2.12. The van der Waals surface area contributed by atoms with Crippen molar-refractivity contribution in [3.63, 3.8) is 0 Å². The van der Waals surface area contributed by atoms with Crippen molar-refractivity contribution < 1.29 is 0 Å². The molecular formula is C9H15N5. The zero-order chi connectivity index (χ0) is 10.1. The first-order valence-corrected chi connectivity index (χ1v) is 4.82. The summed E-state index contributed by atoms with van der Waals surface area (Å²) in [5, 5.41) is 2.19. The number of nitrogen functional groups attached to an aromatic ring is 1. The van der Waals surface area contributed by atoms with Crippen LogP contribution < -0.4 is 10.7 Å². The maximum absolute atomic E-state index is 5.79. The van der Waals surface area contributed by atoms with Crippen LogP contribution >= 0.6 is 0 Å². The van der Waals surface area contributed by atoms with Crippen molar-refractivity contribution in [1.29, 1.82) is 0 Å². The third-order valence-electron chi connectivity index (χ3n) is 2.42. The minimum atomic E-state index is 0.571. The summed E-state index contributed by atoms with van der Waals surface area (Å²) in [4.78, 5) is 4.06. The lowest BCUT2D eigenvalue weighted by molar-refractivity contribution is 0.637. The molecule has 0 bridgehead atoms. The van der Waals surface area contributed by atoms with Crippen LogP contribution in [0.25, 0.3) is 5.65 Å². The smallest absolute Gasteiger partial charge is 0.180 e. The average molecular weight is 193 g/mol. The van der Waals surface area contributed by atoms with Gasteiger partial charge in [-0.05, 0) is 13.8 Å². The first-order chi connectivity index (χ1) is 6.77. The molecule has 2 aromatic rings. The second-order valence-electron chi connectivity index (χ2n) is 3.14. The molecular weight excluding hydrogens is 178 g/mol. The van der Waals surface area contributed by atoms with E-state index in [1.807, 2.05) is 21.5 Å². The van der Waals surface area contributed by atoms with Crippen molar-refractivity contribution in [3.05, 3.63) is 18.7 Å². The van der Waals surface area contributed by atoms with Gasteiger partial charge in [-0.15, -0.1) is 0 Å². The number of fused-ring (bicyclic) bond motifs is 1. The molecule has 0 spiro atoms. The van der Waals surface area contributed by atoms with Crippen LogP contribution in [-0.2, 0) is 0 Å². The zero-order valence-corrected chi connectivity index (χ0v) is 8.51. The second-order valence-corrected chi connectivity index (χ2v) is 3.14. The summed E-state index contributed by atoms with van der Waals surface area (Å²) in [6.45, 7) is 6.13. The number of hydrogen-bond acceptors (Lipinski definition) is 3. The third kappa shape index (κ3) is 1.13. The maximum atomic E-state index is 5.79. The lowest BCUT2D eigenvalue weighted by Gasteiger charge is -2.22. The molecule has 0 saturated carbocycles. The van der Waals surface area contributed by atoms with Gasteiger partial charge >= 0.3 is 0 Å². The summed E-state index contributed by atoms with van der Waals surface area (Å²) in [7, 11) is 0. The van der Waals surface area contributed by atoms with E-state index in [2.05, 4.69) is 23.8 Å². The fourth-order valence-electron chi connectivity index (χ4n) is 1.68.